The average molecular weight is 2050 g/mol. The van der Waals surface area contributed by atoms with Crippen LogP contribution in [0.25, 0.3) is 11.1 Å². The maximum Gasteiger partial charge on any atom is 0.416 e. The highest BCUT2D eigenvalue weighted by Gasteiger charge is 2.40. The zero-order valence-corrected chi connectivity index (χ0v) is 85.3. The lowest BCUT2D eigenvalue weighted by Crippen LogP contribution is -2.39. The number of benzene rings is 7. The van der Waals surface area contributed by atoms with Crippen molar-refractivity contribution in [3.8, 4) is 11.1 Å². The molecule has 782 valence electrons. The predicted octanol–water partition coefficient (Wildman–Crippen LogP) is 21.9. The van der Waals surface area contributed by atoms with Crippen molar-refractivity contribution in [2.24, 2.45) is 0 Å². The minimum Gasteiger partial charge on any atom is -0.472 e. The highest BCUT2D eigenvalue weighted by atomic mass is 35.5. The molecule has 8 heterocycles. The van der Waals surface area contributed by atoms with Crippen LogP contribution >= 0.6 is 23.2 Å². The first-order valence-corrected chi connectivity index (χ1v) is 51.1. The molecule has 2 atom stereocenters. The van der Waals surface area contributed by atoms with Gasteiger partial charge in [0.2, 0.25) is 35.4 Å². The van der Waals surface area contributed by atoms with E-state index < -0.39 is 54.7 Å². The molecule has 7 saturated heterocycles. The van der Waals surface area contributed by atoms with E-state index in [-0.39, 0.29) is 91.4 Å². The fraction of sp³-hybridized carbons (Fsp3) is 0.446. The number of nitrogens with zero attached hydrogens (tertiary/aromatic N) is 7. The maximum atomic E-state index is 13.0. The van der Waals surface area contributed by atoms with Gasteiger partial charge in [-0.15, -0.1) is 0 Å². The zero-order chi connectivity index (χ0) is 105. The number of aryl methyl sites for hydroxylation is 8. The van der Waals surface area contributed by atoms with Crippen molar-refractivity contribution >= 4 is 119 Å². The number of cyclic esters (lactones) is 7. The van der Waals surface area contributed by atoms with Crippen LogP contribution in [0.5, 0.6) is 0 Å². The Balaban J connectivity index is 0.000000190. The summed E-state index contributed by atoms with van der Waals surface area (Å²) in [5, 5.41) is 1.50. The number of imide groups is 7. The zero-order valence-electron chi connectivity index (χ0n) is 83.8. The lowest BCUT2D eigenvalue weighted by molar-refractivity contribution is -0.131. The summed E-state index contributed by atoms with van der Waals surface area (Å²) in [5.74, 6) is -1.65. The number of ketones is 2. The molecule has 0 N–H and O–H groups in total. The number of furan rings is 1. The molecule has 0 saturated carbocycles. The molecule has 0 radical (unpaired) electrons. The van der Waals surface area contributed by atoms with Crippen molar-refractivity contribution in [3.05, 3.63) is 260 Å². The van der Waals surface area contributed by atoms with E-state index in [9.17, 15) is 81.1 Å². The van der Waals surface area contributed by atoms with Crippen LogP contribution in [0.1, 0.15) is 236 Å². The van der Waals surface area contributed by atoms with Gasteiger partial charge in [0.05, 0.1) is 57.3 Å². The summed E-state index contributed by atoms with van der Waals surface area (Å²) in [4.78, 5) is 194. The quantitative estimate of drug-likeness (QED) is 0.0253. The van der Waals surface area contributed by atoms with E-state index in [4.69, 9.17) is 60.8 Å². The average Bonchev–Trinajstić information content (AvgIpc) is 1.75. The Morgan fingerprint density at radius 1 is 0.308 bits per heavy atom. The molecule has 0 spiro atoms. The van der Waals surface area contributed by atoms with Crippen LogP contribution in [0, 0.1) is 19.7 Å². The van der Waals surface area contributed by atoms with Crippen LogP contribution in [0.2, 0.25) is 10.0 Å². The molecule has 7 fully saturated rings. The molecular weight excluding hydrogens is 1920 g/mol. The van der Waals surface area contributed by atoms with E-state index >= 15 is 0 Å². The second-order valence-corrected chi connectivity index (χ2v) is 37.2. The number of halogens is 3. The number of unbranched alkanes of at least 4 members (excludes halogenated alkanes) is 12. The van der Waals surface area contributed by atoms with Crippen LogP contribution < -0.4 is 0 Å². The number of ether oxygens (including phenoxy) is 7. The molecule has 146 heavy (non-hydrogen) atoms. The van der Waals surface area contributed by atoms with Gasteiger partial charge in [0, 0.05) is 67.0 Å². The summed E-state index contributed by atoms with van der Waals surface area (Å²) >= 11 is 11.7. The molecule has 0 aliphatic carbocycles. The molecule has 7 aromatic carbocycles. The molecule has 8 aromatic rings. The second-order valence-electron chi connectivity index (χ2n) is 36.3. The van der Waals surface area contributed by atoms with Crippen LogP contribution in [0.15, 0.2) is 199 Å². The number of carbonyl (C=O) groups is 16. The molecule has 7 aliphatic heterocycles. The lowest BCUT2D eigenvalue weighted by Gasteiger charge is -2.18. The molecule has 14 amide bonds. The molecular formula is C112H134Cl2FN7O24. The van der Waals surface area contributed by atoms with E-state index in [0.29, 0.717) is 103 Å². The molecule has 0 bridgehead atoms. The summed E-state index contributed by atoms with van der Waals surface area (Å²) in [6, 6.07) is 57.2. The smallest absolute Gasteiger partial charge is 0.416 e. The van der Waals surface area contributed by atoms with Gasteiger partial charge in [-0.3, -0.25) is 43.2 Å². The Morgan fingerprint density at radius 2 is 0.664 bits per heavy atom. The second kappa shape index (κ2) is 63.5. The Labute approximate surface area is 862 Å². The third kappa shape index (κ3) is 41.4. The van der Waals surface area contributed by atoms with Crippen molar-refractivity contribution in [1.82, 2.24) is 34.3 Å². The van der Waals surface area contributed by atoms with Crippen molar-refractivity contribution in [2.45, 2.75) is 245 Å². The third-order valence-electron chi connectivity index (χ3n) is 24.6. The van der Waals surface area contributed by atoms with Gasteiger partial charge in [0.1, 0.15) is 63.6 Å². The van der Waals surface area contributed by atoms with Gasteiger partial charge in [-0.2, -0.15) is 0 Å². The number of hydrogen-bond acceptors (Lipinski definition) is 24. The summed E-state index contributed by atoms with van der Waals surface area (Å²) < 4.78 is 51.5. The monoisotopic (exact) mass is 2050 g/mol. The molecule has 0 unspecified atom stereocenters. The Kier molecular flexibility index (Phi) is 50.4. The summed E-state index contributed by atoms with van der Waals surface area (Å²) in [6.45, 7) is 10.7. The SMILES string of the molecule is CC(=O)C[C@@H]1COC(=O)N1C(=O)CCCCCc1ccc(C)cc1.CC(=O)C[C@@H]1COC(=O)N1C(=O)CCCCCc1cccc(C)c1.O=C(CCCCCc1ccc(Cl)cc1)N1CCOC1=O.O=C(CCCCCc1cccc(Cl)c1)N1CCOC1=O.O=C(CCCCCc1cccc(F)c1)N1CCOC1=O.O=C(CCCCCc1ccoc1)N1CCOC1=O.O=C1OCCN1C(=O)c1cccc(-c2ccccc2)c1. The van der Waals surface area contributed by atoms with Gasteiger partial charge in [-0.25, -0.2) is 72.3 Å². The maximum absolute atomic E-state index is 13.0. The number of rotatable bonds is 42. The standard InChI is InChI=1S/2C19H25NO4.C16H13NO3.2C15H18ClNO3.C15H18FNO3.C13H17NO4/c1-14-7-6-9-16(11-14)8-4-3-5-10-18(22)20-17(12-15(2)21)13-24-19(20)23;1-14-8-10-16(11-9-14)6-4-3-5-7-18(22)20-17(12-15(2)21)13-24-19(20)23;18-15(17-9-10-20-16(17)19)14-8-4-7-13(11-14)12-5-2-1-3-6-12;16-13-7-4-6-12(11-13)5-2-1-3-8-14(18)17-9-10-20-15(17)19;16-13-8-6-12(7-9-13)4-2-1-3-5-14(18)17-10-11-20-15(17)19;16-13-7-4-6-12(11-13)5-2-1-3-8-14(18)17-9-10-20-15(17)19;15-12(14-7-9-18-13(14)16)5-3-1-2-4-11-6-8-17-10-11/h6-7,9,11,17H,3-5,8,10,12-13H2,1-2H3;8-11,17H,3-7,12-13H2,1-2H3;1-8,11H,9-10H2;4,6-7,11H,1-3,5,8-10H2;6-9H,1-5,10-11H2;4,6-7,11H,1-3,5,8-10H2;6,8,10H,1-5,7,9H2/t2*17-;;;;;/m11...../s1. The number of carbonyl (C=O) groups excluding carboxylic acids is 16. The first-order valence-electron chi connectivity index (χ1n) is 50.3. The van der Waals surface area contributed by atoms with Gasteiger partial charge in [0.15, 0.2) is 0 Å². The first-order chi connectivity index (χ1) is 70.5. The van der Waals surface area contributed by atoms with E-state index in [1.165, 1.54) is 79.6 Å². The molecule has 1 aromatic heterocycles. The van der Waals surface area contributed by atoms with Gasteiger partial charge in [0.25, 0.3) is 5.91 Å². The topological polar surface area (TPSA) is 374 Å². The minimum absolute atomic E-state index is 0.0470. The molecule has 15 rings (SSSR count). The van der Waals surface area contributed by atoms with Gasteiger partial charge < -0.3 is 37.6 Å². The largest absolute Gasteiger partial charge is 0.472 e. The van der Waals surface area contributed by atoms with Crippen molar-refractivity contribution in [2.75, 3.05) is 79.0 Å². The fourth-order valence-corrected chi connectivity index (χ4v) is 17.1. The van der Waals surface area contributed by atoms with Crippen LogP contribution in [0.3, 0.4) is 0 Å². The van der Waals surface area contributed by atoms with Crippen LogP contribution in [0.4, 0.5) is 38.0 Å². The molecule has 31 nitrogen and oxygen atoms in total. The minimum atomic E-state index is -0.620. The number of amides is 14. The fourth-order valence-electron chi connectivity index (χ4n) is 16.7. The van der Waals surface area contributed by atoms with Crippen molar-refractivity contribution in [3.63, 3.8) is 0 Å². The van der Waals surface area contributed by atoms with E-state index in [1.807, 2.05) is 97.1 Å². The number of hydrogen-bond donors (Lipinski definition) is 0. The van der Waals surface area contributed by atoms with Gasteiger partial charge in [-0.05, 0) is 242 Å². The highest BCUT2D eigenvalue weighted by molar-refractivity contribution is 6.31. The van der Waals surface area contributed by atoms with E-state index in [1.54, 1.807) is 30.7 Å². The Hall–Kier alpha value is -13.8. The van der Waals surface area contributed by atoms with Gasteiger partial charge >= 0.3 is 42.7 Å². The predicted molar refractivity (Wildman–Crippen MR) is 544 cm³/mol. The van der Waals surface area contributed by atoms with Crippen molar-refractivity contribution in [1.29, 1.82) is 0 Å². The van der Waals surface area contributed by atoms with Gasteiger partial charge in [-0.1, -0.05) is 200 Å². The third-order valence-corrected chi connectivity index (χ3v) is 25.1. The van der Waals surface area contributed by atoms with Crippen molar-refractivity contribution < 1.29 is 119 Å². The Morgan fingerprint density at radius 3 is 1.04 bits per heavy atom. The number of Topliss-reactive ketones (excluding diaryl/α,β-unsaturated/α-hetero) is 2. The van der Waals surface area contributed by atoms with Crippen LogP contribution in [-0.4, -0.2) is 221 Å². The van der Waals surface area contributed by atoms with E-state index in [0.717, 1.165) is 200 Å². The summed E-state index contributed by atoms with van der Waals surface area (Å²) in [6.07, 6.45) is 24.1. The lowest BCUT2D eigenvalue weighted by atomic mass is 10.0. The Bertz CT molecular complexity index is 5520. The summed E-state index contributed by atoms with van der Waals surface area (Å²) in [7, 11) is 0. The van der Waals surface area contributed by atoms with E-state index in [2.05, 4.69) is 68.4 Å². The summed E-state index contributed by atoms with van der Waals surface area (Å²) in [5.41, 5.74) is 12.2. The highest BCUT2D eigenvalue weighted by Crippen LogP contribution is 2.27. The normalized spacial score (nSPS) is 15.3. The molecule has 7 aliphatic rings. The first kappa shape index (κ1) is 116. The van der Waals surface area contributed by atoms with Crippen LogP contribution in [-0.2, 0) is 110 Å². The molecule has 34 heteroatoms.